The van der Waals surface area contributed by atoms with E-state index in [9.17, 15) is 0 Å². The van der Waals surface area contributed by atoms with Crippen molar-refractivity contribution >= 4 is 23.1 Å². The van der Waals surface area contributed by atoms with E-state index in [2.05, 4.69) is 26.3 Å². The number of nitrogens with zero attached hydrogens (tertiary/aromatic N) is 4. The summed E-state index contributed by atoms with van der Waals surface area (Å²) in [6.07, 6.45) is 1.16. The Kier molecular flexibility index (Phi) is 6.64. The molecule has 5 nitrogen and oxygen atoms in total. The largest absolute Gasteiger partial charge is 0.380 e. The summed E-state index contributed by atoms with van der Waals surface area (Å²) in [5, 5.41) is 4.10. The van der Waals surface area contributed by atoms with Crippen molar-refractivity contribution < 1.29 is 4.74 Å². The van der Waals surface area contributed by atoms with Gasteiger partial charge in [0.15, 0.2) is 0 Å². The van der Waals surface area contributed by atoms with Gasteiger partial charge in [-0.25, -0.2) is 0 Å². The van der Waals surface area contributed by atoms with Crippen LogP contribution in [0.1, 0.15) is 26.0 Å². The Morgan fingerprint density at radius 2 is 2.25 bits per heavy atom. The first-order chi connectivity index (χ1) is 9.74. The Morgan fingerprint density at radius 1 is 1.40 bits per heavy atom. The molecule has 1 saturated heterocycles. The van der Waals surface area contributed by atoms with Gasteiger partial charge in [-0.3, -0.25) is 9.80 Å². The molecular weight excluding hydrogens is 296 g/mol. The first-order valence-electron chi connectivity index (χ1n) is 7.25. The van der Waals surface area contributed by atoms with Gasteiger partial charge in [0.05, 0.1) is 6.61 Å². The molecule has 1 atom stereocenters. The number of hydrogen-bond donors (Lipinski definition) is 0. The summed E-state index contributed by atoms with van der Waals surface area (Å²) in [4.78, 5) is 4.96. The van der Waals surface area contributed by atoms with Gasteiger partial charge < -0.3 is 4.74 Å². The van der Waals surface area contributed by atoms with Crippen molar-refractivity contribution in [2.75, 3.05) is 39.4 Å². The smallest absolute Gasteiger partial charge is 0.138 e. The molecule has 0 amide bonds. The third kappa shape index (κ3) is 4.36. The molecule has 1 aromatic heterocycles. The van der Waals surface area contributed by atoms with Crippen LogP contribution in [0, 0.1) is 0 Å². The number of hydrogen-bond acceptors (Lipinski definition) is 6. The van der Waals surface area contributed by atoms with Crippen LogP contribution in [0.15, 0.2) is 0 Å². The van der Waals surface area contributed by atoms with Crippen LogP contribution >= 0.6 is 23.1 Å². The summed E-state index contributed by atoms with van der Waals surface area (Å²) in [7, 11) is 0. The van der Waals surface area contributed by atoms with Crippen LogP contribution in [-0.2, 0) is 11.3 Å². The highest BCUT2D eigenvalue weighted by Gasteiger charge is 2.26. The first-order valence-corrected chi connectivity index (χ1v) is 8.40. The lowest BCUT2D eigenvalue weighted by molar-refractivity contribution is 0.0381. The maximum Gasteiger partial charge on any atom is 0.138 e. The Balaban J connectivity index is 1.83. The number of halogens is 1. The van der Waals surface area contributed by atoms with Crippen LogP contribution in [0.3, 0.4) is 0 Å². The Bertz CT molecular complexity index is 403. The average Bonchev–Trinajstić information content (AvgIpc) is 2.86. The van der Waals surface area contributed by atoms with E-state index in [1.54, 1.807) is 0 Å². The van der Waals surface area contributed by atoms with Crippen LogP contribution in [0.2, 0.25) is 4.34 Å². The highest BCUT2D eigenvalue weighted by molar-refractivity contribution is 7.10. The molecule has 7 heteroatoms. The predicted molar refractivity (Wildman–Crippen MR) is 82.3 cm³/mol. The second kappa shape index (κ2) is 8.24. The fourth-order valence-electron chi connectivity index (χ4n) is 2.61. The van der Waals surface area contributed by atoms with Crippen molar-refractivity contribution in [2.45, 2.75) is 32.9 Å². The van der Waals surface area contributed by atoms with Crippen LogP contribution in [0.4, 0.5) is 0 Å². The van der Waals surface area contributed by atoms with Crippen LogP contribution in [0.25, 0.3) is 0 Å². The lowest BCUT2D eigenvalue weighted by Crippen LogP contribution is -2.53. The summed E-state index contributed by atoms with van der Waals surface area (Å²) >= 11 is 7.35. The van der Waals surface area contributed by atoms with Crippen molar-refractivity contribution in [3.05, 3.63) is 10.0 Å². The highest BCUT2D eigenvalue weighted by atomic mass is 35.5. The molecule has 114 valence electrons. The van der Waals surface area contributed by atoms with Crippen molar-refractivity contribution in [3.8, 4) is 0 Å². The van der Waals surface area contributed by atoms with Gasteiger partial charge in [0.1, 0.15) is 10.0 Å². The number of aromatic nitrogens is 2. The lowest BCUT2D eigenvalue weighted by atomic mass is 10.1. The molecule has 0 unspecified atom stereocenters. The molecular formula is C13H23ClN4OS. The fraction of sp³-hybridized carbons (Fsp3) is 0.846. The molecule has 0 N–H and O–H groups in total. The predicted octanol–water partition coefficient (Wildman–Crippen LogP) is 2.12. The van der Waals surface area contributed by atoms with Crippen molar-refractivity contribution in [3.63, 3.8) is 0 Å². The maximum absolute atomic E-state index is 6.08. The molecule has 0 aliphatic carbocycles. The van der Waals surface area contributed by atoms with E-state index < -0.39 is 0 Å². The molecule has 0 bridgehead atoms. The van der Waals surface area contributed by atoms with Crippen LogP contribution in [0.5, 0.6) is 0 Å². The SMILES string of the molecule is CCOCCN1CCN(Cc2nnsc2Cl)C[C@H]1CC. The fourth-order valence-corrected chi connectivity index (χ4v) is 3.22. The minimum Gasteiger partial charge on any atom is -0.380 e. The minimum atomic E-state index is 0.592. The molecule has 2 rings (SSSR count). The number of piperazine rings is 1. The third-order valence-corrected chi connectivity index (χ3v) is 4.75. The third-order valence-electron chi connectivity index (χ3n) is 3.77. The van der Waals surface area contributed by atoms with E-state index in [0.29, 0.717) is 6.04 Å². The van der Waals surface area contributed by atoms with E-state index >= 15 is 0 Å². The van der Waals surface area contributed by atoms with Gasteiger partial charge in [-0.1, -0.05) is 23.0 Å². The van der Waals surface area contributed by atoms with E-state index in [-0.39, 0.29) is 0 Å². The highest BCUT2D eigenvalue weighted by Crippen LogP contribution is 2.21. The summed E-state index contributed by atoms with van der Waals surface area (Å²) < 4.78 is 10.1. The molecule has 1 aliphatic heterocycles. The molecule has 20 heavy (non-hydrogen) atoms. The Hall–Kier alpha value is -0.270. The van der Waals surface area contributed by atoms with Crippen molar-refractivity contribution in [1.29, 1.82) is 0 Å². The second-order valence-corrected chi connectivity index (χ2v) is 6.38. The van der Waals surface area contributed by atoms with E-state index in [0.717, 1.165) is 62.4 Å². The van der Waals surface area contributed by atoms with E-state index in [1.807, 2.05) is 6.92 Å². The molecule has 0 spiro atoms. The van der Waals surface area contributed by atoms with Gasteiger partial charge in [-0.2, -0.15) is 0 Å². The topological polar surface area (TPSA) is 41.5 Å². The van der Waals surface area contributed by atoms with Gasteiger partial charge >= 0.3 is 0 Å². The second-order valence-electron chi connectivity index (χ2n) is 5.02. The Morgan fingerprint density at radius 3 is 2.90 bits per heavy atom. The normalized spacial score (nSPS) is 21.4. The van der Waals surface area contributed by atoms with Gasteiger partial charge in [-0.05, 0) is 13.3 Å². The summed E-state index contributed by atoms with van der Waals surface area (Å²) in [5.41, 5.74) is 0.911. The average molecular weight is 319 g/mol. The Labute approximate surface area is 130 Å². The quantitative estimate of drug-likeness (QED) is 0.720. The molecule has 0 radical (unpaired) electrons. The summed E-state index contributed by atoms with van der Waals surface area (Å²) in [6, 6.07) is 0.592. The van der Waals surface area contributed by atoms with Gasteiger partial charge in [-0.15, -0.1) is 5.10 Å². The van der Waals surface area contributed by atoms with Gasteiger partial charge in [0, 0.05) is 56.9 Å². The molecule has 1 fully saturated rings. The zero-order valence-electron chi connectivity index (χ0n) is 12.2. The van der Waals surface area contributed by atoms with Crippen molar-refractivity contribution in [2.24, 2.45) is 0 Å². The standard InChI is InChI=1S/C13H23ClN4OS/c1-3-11-9-17(10-12-13(14)20-16-15-12)5-6-18(11)7-8-19-4-2/h11H,3-10H2,1-2H3/t11-/m1/s1. The number of ether oxygens (including phenoxy) is 1. The van der Waals surface area contributed by atoms with Crippen LogP contribution < -0.4 is 0 Å². The number of rotatable bonds is 7. The molecule has 0 aromatic carbocycles. The van der Waals surface area contributed by atoms with Gasteiger partial charge in [0.2, 0.25) is 0 Å². The molecule has 1 aromatic rings. The van der Waals surface area contributed by atoms with Crippen molar-refractivity contribution in [1.82, 2.24) is 19.4 Å². The first kappa shape index (κ1) is 16.1. The zero-order chi connectivity index (χ0) is 14.4. The maximum atomic E-state index is 6.08. The molecule has 1 aliphatic rings. The zero-order valence-corrected chi connectivity index (χ0v) is 13.8. The lowest BCUT2D eigenvalue weighted by Gasteiger charge is -2.41. The molecule has 0 saturated carbocycles. The van der Waals surface area contributed by atoms with Crippen LogP contribution in [-0.4, -0.2) is 64.8 Å². The minimum absolute atomic E-state index is 0.592. The van der Waals surface area contributed by atoms with E-state index in [4.69, 9.17) is 16.3 Å². The van der Waals surface area contributed by atoms with Gasteiger partial charge in [0.25, 0.3) is 0 Å². The summed E-state index contributed by atoms with van der Waals surface area (Å²) in [6.45, 7) is 11.0. The molecule has 2 heterocycles. The summed E-state index contributed by atoms with van der Waals surface area (Å²) in [5.74, 6) is 0. The monoisotopic (exact) mass is 318 g/mol. The van der Waals surface area contributed by atoms with E-state index in [1.165, 1.54) is 11.5 Å².